The van der Waals surface area contributed by atoms with Crippen LogP contribution in [0.5, 0.6) is 0 Å². The van der Waals surface area contributed by atoms with Crippen molar-refractivity contribution in [3.8, 4) is 0 Å². The Morgan fingerprint density at radius 1 is 0.895 bits per heavy atom. The number of fused-ring (bicyclic) bond motifs is 6. The second kappa shape index (κ2) is 3.37. The quantitative estimate of drug-likeness (QED) is 0.423. The number of epoxide rings is 1. The lowest BCUT2D eigenvalue weighted by Crippen LogP contribution is -2.04. The van der Waals surface area contributed by atoms with Gasteiger partial charge in [-0.05, 0) is 57.6 Å². The van der Waals surface area contributed by atoms with E-state index in [2.05, 4.69) is 48.5 Å². The third-order valence-electron chi connectivity index (χ3n) is 4.60. The third-order valence-corrected chi connectivity index (χ3v) is 4.60. The highest BCUT2D eigenvalue weighted by atomic mass is 16.6. The Hall–Kier alpha value is -1.86. The van der Waals surface area contributed by atoms with Gasteiger partial charge in [0.25, 0.3) is 0 Å². The second-order valence-electron chi connectivity index (χ2n) is 5.69. The topological polar surface area (TPSA) is 12.5 Å². The van der Waals surface area contributed by atoms with E-state index in [-0.39, 0.29) is 0 Å². The van der Waals surface area contributed by atoms with Crippen LogP contribution in [-0.2, 0) is 11.2 Å². The number of aryl methyl sites for hydroxylation is 1. The molecule has 19 heavy (non-hydrogen) atoms. The van der Waals surface area contributed by atoms with Crippen molar-refractivity contribution in [2.45, 2.75) is 25.0 Å². The third kappa shape index (κ3) is 1.34. The van der Waals surface area contributed by atoms with Crippen LogP contribution in [-0.4, -0.2) is 6.10 Å². The predicted octanol–water partition coefficient (Wildman–Crippen LogP) is 4.38. The smallest absolute Gasteiger partial charge is 0.109 e. The number of hydrogen-bond donors (Lipinski definition) is 0. The van der Waals surface area contributed by atoms with Gasteiger partial charge in [0.2, 0.25) is 0 Å². The zero-order valence-electron chi connectivity index (χ0n) is 10.6. The number of rotatable bonds is 0. The Kier molecular flexibility index (Phi) is 1.77. The van der Waals surface area contributed by atoms with Crippen LogP contribution in [0.2, 0.25) is 0 Å². The first-order valence-corrected chi connectivity index (χ1v) is 7.00. The summed E-state index contributed by atoms with van der Waals surface area (Å²) in [5, 5.41) is 5.44. The number of benzene rings is 3. The largest absolute Gasteiger partial charge is 0.364 e. The summed E-state index contributed by atoms with van der Waals surface area (Å²) >= 11 is 0. The highest BCUT2D eigenvalue weighted by Gasteiger charge is 2.44. The number of hydrogen-bond acceptors (Lipinski definition) is 1. The molecule has 2 aliphatic rings. The summed E-state index contributed by atoms with van der Waals surface area (Å²) < 4.78 is 5.74. The van der Waals surface area contributed by atoms with Crippen LogP contribution >= 0.6 is 0 Å². The minimum atomic E-state index is 0.389. The molecule has 0 radical (unpaired) electrons. The standard InChI is InChI=1S/C18H14O/c1-2-4-12-10-16-13(9-11(12)3-1)5-6-15-14(16)7-8-17-18(15)19-17/h1-6,9-10,17-18H,7-8H2/t17-,18+/m0/s1. The highest BCUT2D eigenvalue weighted by molar-refractivity contribution is 6.00. The van der Waals surface area contributed by atoms with E-state index in [1.54, 1.807) is 0 Å². The van der Waals surface area contributed by atoms with Gasteiger partial charge in [-0.1, -0.05) is 36.4 Å². The average Bonchev–Trinajstić information content (AvgIpc) is 3.24. The summed E-state index contributed by atoms with van der Waals surface area (Å²) in [5.74, 6) is 0. The molecule has 0 N–H and O–H groups in total. The Labute approximate surface area is 111 Å². The van der Waals surface area contributed by atoms with Crippen LogP contribution in [0.4, 0.5) is 0 Å². The average molecular weight is 246 g/mol. The van der Waals surface area contributed by atoms with Crippen LogP contribution in [0.3, 0.4) is 0 Å². The van der Waals surface area contributed by atoms with Gasteiger partial charge in [-0.15, -0.1) is 0 Å². The highest BCUT2D eigenvalue weighted by Crippen LogP contribution is 2.48. The van der Waals surface area contributed by atoms with Gasteiger partial charge in [0, 0.05) is 0 Å². The van der Waals surface area contributed by atoms with E-state index in [4.69, 9.17) is 4.74 Å². The fourth-order valence-electron chi connectivity index (χ4n) is 3.56. The molecule has 0 bridgehead atoms. The second-order valence-corrected chi connectivity index (χ2v) is 5.69. The van der Waals surface area contributed by atoms with Gasteiger partial charge >= 0.3 is 0 Å². The van der Waals surface area contributed by atoms with Gasteiger partial charge in [-0.3, -0.25) is 0 Å². The molecule has 0 saturated carbocycles. The Balaban J connectivity index is 1.89. The lowest BCUT2D eigenvalue weighted by atomic mass is 9.87. The molecule has 3 aromatic rings. The van der Waals surface area contributed by atoms with Gasteiger partial charge in [-0.25, -0.2) is 0 Å². The maximum absolute atomic E-state index is 5.74. The minimum absolute atomic E-state index is 0.389. The van der Waals surface area contributed by atoms with Crippen molar-refractivity contribution in [1.29, 1.82) is 0 Å². The van der Waals surface area contributed by atoms with E-state index in [9.17, 15) is 0 Å². The van der Waals surface area contributed by atoms with Crippen molar-refractivity contribution in [2.24, 2.45) is 0 Å². The zero-order valence-corrected chi connectivity index (χ0v) is 10.6. The fourth-order valence-corrected chi connectivity index (χ4v) is 3.56. The van der Waals surface area contributed by atoms with E-state index < -0.39 is 0 Å². The van der Waals surface area contributed by atoms with E-state index >= 15 is 0 Å². The molecule has 0 aromatic heterocycles. The van der Waals surface area contributed by atoms with E-state index in [1.165, 1.54) is 39.1 Å². The predicted molar refractivity (Wildman–Crippen MR) is 77.4 cm³/mol. The van der Waals surface area contributed by atoms with Crippen molar-refractivity contribution >= 4 is 21.5 Å². The molecule has 5 rings (SSSR count). The van der Waals surface area contributed by atoms with Crippen molar-refractivity contribution < 1.29 is 4.74 Å². The number of ether oxygens (including phenoxy) is 1. The lowest BCUT2D eigenvalue weighted by Gasteiger charge is -2.15. The van der Waals surface area contributed by atoms with Crippen molar-refractivity contribution in [3.63, 3.8) is 0 Å². The van der Waals surface area contributed by atoms with Crippen molar-refractivity contribution in [1.82, 2.24) is 0 Å². The molecule has 0 amide bonds. The van der Waals surface area contributed by atoms with Crippen LogP contribution < -0.4 is 0 Å². The molecule has 1 heterocycles. The van der Waals surface area contributed by atoms with Crippen LogP contribution in [0.25, 0.3) is 21.5 Å². The maximum atomic E-state index is 5.74. The molecule has 1 fully saturated rings. The maximum Gasteiger partial charge on any atom is 0.109 e. The summed E-state index contributed by atoms with van der Waals surface area (Å²) in [6, 6.07) is 17.8. The molecule has 1 aliphatic carbocycles. The first-order valence-electron chi connectivity index (χ1n) is 7.00. The minimum Gasteiger partial charge on any atom is -0.364 e. The normalized spacial score (nSPS) is 24.2. The molecule has 1 aliphatic heterocycles. The fraction of sp³-hybridized carbons (Fsp3) is 0.222. The SMILES string of the molecule is c1ccc2cc3c4c(ccc3cc2c1)[C@H]1O[C@H]1CC4. The van der Waals surface area contributed by atoms with E-state index in [0.717, 1.165) is 6.42 Å². The van der Waals surface area contributed by atoms with Crippen LogP contribution in [0, 0.1) is 0 Å². The van der Waals surface area contributed by atoms with Gasteiger partial charge in [0.1, 0.15) is 6.10 Å². The molecular formula is C18H14O. The molecule has 92 valence electrons. The molecule has 1 nitrogen and oxygen atoms in total. The van der Waals surface area contributed by atoms with Crippen molar-refractivity contribution in [2.75, 3.05) is 0 Å². The van der Waals surface area contributed by atoms with Crippen LogP contribution in [0.15, 0.2) is 48.5 Å². The zero-order chi connectivity index (χ0) is 12.4. The van der Waals surface area contributed by atoms with Gasteiger partial charge in [0.15, 0.2) is 0 Å². The Morgan fingerprint density at radius 3 is 2.63 bits per heavy atom. The molecule has 1 saturated heterocycles. The molecular weight excluding hydrogens is 232 g/mol. The molecule has 0 spiro atoms. The molecule has 1 heteroatoms. The molecule has 2 atom stereocenters. The van der Waals surface area contributed by atoms with E-state index in [1.807, 2.05) is 0 Å². The molecule has 0 unspecified atom stereocenters. The summed E-state index contributed by atoms with van der Waals surface area (Å²) in [6.07, 6.45) is 3.24. The lowest BCUT2D eigenvalue weighted by molar-refractivity contribution is 0.373. The first kappa shape index (κ1) is 9.99. The van der Waals surface area contributed by atoms with Crippen molar-refractivity contribution in [3.05, 3.63) is 59.7 Å². The Bertz CT molecular complexity index is 818. The first-order chi connectivity index (χ1) is 9.40. The summed E-state index contributed by atoms with van der Waals surface area (Å²) in [6.45, 7) is 0. The molecule has 3 aromatic carbocycles. The van der Waals surface area contributed by atoms with Gasteiger partial charge in [-0.2, -0.15) is 0 Å². The van der Waals surface area contributed by atoms with E-state index in [0.29, 0.717) is 12.2 Å². The van der Waals surface area contributed by atoms with Crippen LogP contribution in [0.1, 0.15) is 23.7 Å². The summed E-state index contributed by atoms with van der Waals surface area (Å²) in [4.78, 5) is 0. The summed E-state index contributed by atoms with van der Waals surface area (Å²) in [7, 11) is 0. The van der Waals surface area contributed by atoms with Gasteiger partial charge in [0.05, 0.1) is 6.10 Å². The van der Waals surface area contributed by atoms with Gasteiger partial charge < -0.3 is 4.74 Å². The summed E-state index contributed by atoms with van der Waals surface area (Å²) in [5.41, 5.74) is 2.95. The Morgan fingerprint density at radius 2 is 1.74 bits per heavy atom. The monoisotopic (exact) mass is 246 g/mol.